The van der Waals surface area contributed by atoms with Crippen LogP contribution in [0.1, 0.15) is 209 Å². The maximum absolute atomic E-state index is 12.6. The van der Waals surface area contributed by atoms with Gasteiger partial charge in [-0.1, -0.05) is 69.9 Å². The number of Topliss-reactive ketones (excluding diaryl/α,β-unsaturated/α-hetero) is 2. The van der Waals surface area contributed by atoms with E-state index >= 15 is 0 Å². The Morgan fingerprint density at radius 2 is 1.13 bits per heavy atom. The molecule has 2 unspecified atom stereocenters. The Kier molecular flexibility index (Phi) is 27.1. The number of fused-ring (bicyclic) bond motifs is 1. The van der Waals surface area contributed by atoms with Gasteiger partial charge in [-0.3, -0.25) is 9.59 Å². The summed E-state index contributed by atoms with van der Waals surface area (Å²) in [6.07, 6.45) is 29.4. The van der Waals surface area contributed by atoms with Crippen molar-refractivity contribution >= 4 is 11.6 Å². The number of hydrogen-bond acceptors (Lipinski definition) is 7. The number of rotatable bonds is 27. The summed E-state index contributed by atoms with van der Waals surface area (Å²) in [5.41, 5.74) is 14.5. The van der Waals surface area contributed by atoms with Gasteiger partial charge in [0.2, 0.25) is 0 Å². The first-order chi connectivity index (χ1) is 32.4. The van der Waals surface area contributed by atoms with Crippen molar-refractivity contribution in [3.05, 3.63) is 114 Å². The highest BCUT2D eigenvalue weighted by Crippen LogP contribution is 2.45. The second-order valence-electron chi connectivity index (χ2n) is 21.2. The van der Waals surface area contributed by atoms with E-state index in [0.29, 0.717) is 54.8 Å². The minimum Gasteiger partial charge on any atom is -0.487 e. The Hall–Kier alpha value is -4.04. The number of carbonyl (C=O) groups excluding carboxylic acids is 2. The van der Waals surface area contributed by atoms with Gasteiger partial charge < -0.3 is 24.1 Å². The number of aliphatic hydroxyl groups is 1. The predicted molar refractivity (Wildman–Crippen MR) is 292 cm³/mol. The van der Waals surface area contributed by atoms with Crippen LogP contribution in [0.5, 0.6) is 11.5 Å². The van der Waals surface area contributed by atoms with Crippen molar-refractivity contribution in [2.75, 3.05) is 27.1 Å². The van der Waals surface area contributed by atoms with E-state index in [1.807, 2.05) is 6.92 Å². The highest BCUT2D eigenvalue weighted by atomic mass is 16.7. The molecule has 1 N–H and O–H groups in total. The van der Waals surface area contributed by atoms with Gasteiger partial charge >= 0.3 is 0 Å². The summed E-state index contributed by atoms with van der Waals surface area (Å²) in [6, 6.07) is 0. The monoisotopic (exact) mass is 953 g/mol. The summed E-state index contributed by atoms with van der Waals surface area (Å²) >= 11 is 0. The number of hydrogen-bond donors (Lipinski definition) is 1. The molecule has 1 aromatic carbocycles. The van der Waals surface area contributed by atoms with Crippen LogP contribution in [-0.2, 0) is 25.5 Å². The van der Waals surface area contributed by atoms with E-state index in [1.54, 1.807) is 27.9 Å². The lowest BCUT2D eigenvalue weighted by molar-refractivity contribution is -0.116. The van der Waals surface area contributed by atoms with Crippen LogP contribution in [0.3, 0.4) is 0 Å². The van der Waals surface area contributed by atoms with Gasteiger partial charge in [0.15, 0.2) is 18.4 Å². The zero-order valence-electron chi connectivity index (χ0n) is 46.8. The molecule has 7 heteroatoms. The lowest BCUT2D eigenvalue weighted by Crippen LogP contribution is -2.37. The molecule has 2 aliphatic rings. The molecule has 0 spiro atoms. The number of methoxy groups -OCH3 is 1. The van der Waals surface area contributed by atoms with Gasteiger partial charge in [0.25, 0.3) is 0 Å². The molecule has 7 nitrogen and oxygen atoms in total. The molecule has 0 saturated carbocycles. The molecular weight excluding hydrogens is 857 g/mol. The summed E-state index contributed by atoms with van der Waals surface area (Å²) in [6.45, 7) is 34.5. The zero-order valence-corrected chi connectivity index (χ0v) is 46.8. The molecule has 1 aromatic rings. The molecule has 0 aromatic heterocycles. The first kappa shape index (κ1) is 61.1. The standard InChI is InChI=1S/C33H52O4.C29H44O3/c1-24(2)13-10-14-25(3)15-11-16-26(4)17-12-19-33(8)20-18-30-29(7)31(36-23-35-22-21-34-9)27(5)28(6)32(30)37-33;1-20(2)12-9-13-21(3)14-10-15-22(4)16-11-18-29(8,32)19-17-26-25(7)27(30)23(5)24(6)28(26)31/h13,15,17H,10-12,14,16,18-23H2,1-9H3;12,14,16,32H,9-11,13,15,17-19H2,1-8H3/b25-15+,26-17+;21-14+,22-16+. The largest absolute Gasteiger partial charge is 0.487 e. The third-order valence-corrected chi connectivity index (χ3v) is 14.1. The number of carbonyl (C=O) groups is 2. The topological polar surface area (TPSA) is 91.3 Å². The third-order valence-electron chi connectivity index (χ3n) is 14.1. The molecule has 0 bridgehead atoms. The van der Waals surface area contributed by atoms with E-state index in [-0.39, 0.29) is 24.0 Å². The van der Waals surface area contributed by atoms with Gasteiger partial charge in [0.1, 0.15) is 17.1 Å². The van der Waals surface area contributed by atoms with Crippen LogP contribution in [0.15, 0.2) is 92.2 Å². The van der Waals surface area contributed by atoms with Crippen LogP contribution >= 0.6 is 0 Å². The summed E-state index contributed by atoms with van der Waals surface area (Å²) in [7, 11) is 1.67. The molecule has 0 amide bonds. The summed E-state index contributed by atoms with van der Waals surface area (Å²) < 4.78 is 23.3. The van der Waals surface area contributed by atoms with Crippen molar-refractivity contribution in [3.63, 3.8) is 0 Å². The maximum Gasteiger partial charge on any atom is 0.189 e. The van der Waals surface area contributed by atoms with Crippen LogP contribution in [-0.4, -0.2) is 55.0 Å². The number of allylic oxidation sites excluding steroid dienone is 16. The van der Waals surface area contributed by atoms with Gasteiger partial charge in [-0.05, 0) is 230 Å². The molecule has 69 heavy (non-hydrogen) atoms. The summed E-state index contributed by atoms with van der Waals surface area (Å²) in [4.78, 5) is 24.9. The first-order valence-corrected chi connectivity index (χ1v) is 26.0. The van der Waals surface area contributed by atoms with Crippen LogP contribution in [0.2, 0.25) is 0 Å². The van der Waals surface area contributed by atoms with Gasteiger partial charge in [0, 0.05) is 35.0 Å². The molecule has 0 saturated heterocycles. The van der Waals surface area contributed by atoms with Crippen LogP contribution in [0.4, 0.5) is 0 Å². The second-order valence-corrected chi connectivity index (χ2v) is 21.2. The predicted octanol–water partition coefficient (Wildman–Crippen LogP) is 16.4. The molecule has 0 radical (unpaired) electrons. The average Bonchev–Trinajstić information content (AvgIpc) is 3.27. The Labute approximate surface area is 421 Å². The molecule has 1 heterocycles. The lowest BCUT2D eigenvalue weighted by Gasteiger charge is -2.38. The Bertz CT molecular complexity index is 2120. The Morgan fingerprint density at radius 3 is 1.65 bits per heavy atom. The van der Waals surface area contributed by atoms with E-state index in [0.717, 1.165) is 94.1 Å². The summed E-state index contributed by atoms with van der Waals surface area (Å²) in [5.74, 6) is 1.90. The normalized spacial score (nSPS) is 17.8. The van der Waals surface area contributed by atoms with Crippen molar-refractivity contribution in [1.29, 1.82) is 0 Å². The Balaban J connectivity index is 0.000000479. The molecule has 1 aliphatic carbocycles. The van der Waals surface area contributed by atoms with E-state index < -0.39 is 5.60 Å². The van der Waals surface area contributed by atoms with Gasteiger partial charge in [0.05, 0.1) is 18.8 Å². The van der Waals surface area contributed by atoms with Crippen LogP contribution in [0.25, 0.3) is 0 Å². The number of benzene rings is 1. The van der Waals surface area contributed by atoms with Gasteiger partial charge in [-0.25, -0.2) is 0 Å². The minimum absolute atomic E-state index is 0.0449. The molecular formula is C62H96O7. The van der Waals surface area contributed by atoms with Gasteiger partial charge in [-0.2, -0.15) is 0 Å². The average molecular weight is 953 g/mol. The fraction of sp³-hybridized carbons (Fsp3) is 0.613. The van der Waals surface area contributed by atoms with Crippen LogP contribution < -0.4 is 9.47 Å². The zero-order chi connectivity index (χ0) is 51.9. The highest BCUT2D eigenvalue weighted by molar-refractivity contribution is 6.24. The lowest BCUT2D eigenvalue weighted by atomic mass is 9.82. The van der Waals surface area contributed by atoms with Crippen molar-refractivity contribution < 1.29 is 33.6 Å². The fourth-order valence-corrected chi connectivity index (χ4v) is 8.88. The van der Waals surface area contributed by atoms with Crippen molar-refractivity contribution in [3.8, 4) is 11.5 Å². The van der Waals surface area contributed by atoms with Gasteiger partial charge in [-0.15, -0.1) is 0 Å². The molecule has 386 valence electrons. The van der Waals surface area contributed by atoms with Crippen molar-refractivity contribution in [2.45, 2.75) is 225 Å². The molecule has 3 rings (SSSR count). The van der Waals surface area contributed by atoms with Crippen molar-refractivity contribution in [2.24, 2.45) is 0 Å². The smallest absolute Gasteiger partial charge is 0.189 e. The minimum atomic E-state index is -0.862. The first-order valence-electron chi connectivity index (χ1n) is 26.0. The molecule has 1 aliphatic heterocycles. The third kappa shape index (κ3) is 21.9. The molecule has 2 atom stereocenters. The maximum atomic E-state index is 12.6. The quantitative estimate of drug-likeness (QED) is 0.0406. The molecule has 0 fully saturated rings. The number of ether oxygens (including phenoxy) is 4. The van der Waals surface area contributed by atoms with E-state index in [4.69, 9.17) is 18.9 Å². The second kappa shape index (κ2) is 30.6. The van der Waals surface area contributed by atoms with Crippen molar-refractivity contribution in [1.82, 2.24) is 0 Å². The van der Waals surface area contributed by atoms with E-state index in [2.05, 4.69) is 120 Å². The van der Waals surface area contributed by atoms with E-state index in [1.165, 1.54) is 56.5 Å². The highest BCUT2D eigenvalue weighted by Gasteiger charge is 2.34. The van der Waals surface area contributed by atoms with E-state index in [9.17, 15) is 14.7 Å². The Morgan fingerprint density at radius 1 is 0.638 bits per heavy atom. The fourth-order valence-electron chi connectivity index (χ4n) is 8.88. The number of ketones is 2. The van der Waals surface area contributed by atoms with Crippen LogP contribution in [0, 0.1) is 20.8 Å². The summed E-state index contributed by atoms with van der Waals surface area (Å²) in [5, 5.41) is 10.8. The SMILES string of the molecule is CC(C)=CCC/C(C)=C/CC/C(C)=C/CCC(C)(O)CCC1=C(C)C(=O)C(C)=C(C)C1=O.COCCOCOc1c(C)c(C)c2c(c1C)CCC(C)(CC/C=C(\C)CC/C=C(\C)CCC=C(C)C)O2.